The minimum atomic E-state index is -0.547. The Morgan fingerprint density at radius 1 is 0.970 bits per heavy atom. The molecule has 1 fully saturated rings. The first-order chi connectivity index (χ1) is 15.9. The van der Waals surface area contributed by atoms with Gasteiger partial charge in [-0.15, -0.1) is 0 Å². The zero-order valence-electron chi connectivity index (χ0n) is 18.4. The molecule has 174 valence electrons. The monoisotopic (exact) mass is 453 g/mol. The highest BCUT2D eigenvalue weighted by Gasteiger charge is 2.16. The number of aromatic amines is 2. The third-order valence-electron chi connectivity index (χ3n) is 5.71. The number of nitrogens with zero attached hydrogens (tertiary/aromatic N) is 3. The number of hydrogen-bond donors (Lipinski definition) is 4. The number of likely N-dealkylation sites (tertiary alicyclic amines) is 1. The Labute approximate surface area is 189 Å². The molecule has 2 aromatic heterocycles. The molecule has 11 heteroatoms. The van der Waals surface area contributed by atoms with E-state index in [1.807, 2.05) is 4.90 Å². The van der Waals surface area contributed by atoms with E-state index in [1.54, 1.807) is 24.3 Å². The average Bonchev–Trinajstić information content (AvgIpc) is 3.04. The van der Waals surface area contributed by atoms with E-state index < -0.39 is 11.2 Å². The molecule has 0 aliphatic carbocycles. The minimum Gasteiger partial charge on any atom is -0.336 e. The second kappa shape index (κ2) is 9.72. The molecule has 3 heterocycles. The van der Waals surface area contributed by atoms with Crippen LogP contribution in [-0.2, 0) is 18.3 Å². The predicted octanol–water partition coefficient (Wildman–Crippen LogP) is 1.93. The van der Waals surface area contributed by atoms with Crippen LogP contribution in [0.3, 0.4) is 0 Å². The fraction of sp³-hybridized carbons (Fsp3) is 0.409. The molecule has 3 aromatic rings. The highest BCUT2D eigenvalue weighted by atomic mass is 16.2. The molecule has 4 rings (SSSR count). The summed E-state index contributed by atoms with van der Waals surface area (Å²) in [5.74, 6) is 0.220. The summed E-state index contributed by atoms with van der Waals surface area (Å²) in [6, 6.07) is 6.85. The van der Waals surface area contributed by atoms with Gasteiger partial charge in [0.2, 0.25) is 5.91 Å². The van der Waals surface area contributed by atoms with Crippen molar-refractivity contribution in [2.75, 3.05) is 23.7 Å². The lowest BCUT2D eigenvalue weighted by atomic mass is 10.2. The zero-order valence-corrected chi connectivity index (χ0v) is 18.4. The third kappa shape index (κ3) is 5.30. The molecule has 1 aliphatic heterocycles. The molecule has 0 spiro atoms. The van der Waals surface area contributed by atoms with Crippen molar-refractivity contribution < 1.29 is 9.59 Å². The summed E-state index contributed by atoms with van der Waals surface area (Å²) in [6.45, 7) is 1.55. The van der Waals surface area contributed by atoms with Crippen molar-refractivity contribution in [2.45, 2.75) is 38.5 Å². The average molecular weight is 454 g/mol. The fourth-order valence-corrected chi connectivity index (χ4v) is 3.84. The van der Waals surface area contributed by atoms with Crippen LogP contribution in [0.15, 0.2) is 33.9 Å². The number of H-pyrrole nitrogens is 2. The number of amides is 3. The summed E-state index contributed by atoms with van der Waals surface area (Å²) in [4.78, 5) is 59.5. The van der Waals surface area contributed by atoms with E-state index in [2.05, 4.69) is 25.6 Å². The highest BCUT2D eigenvalue weighted by molar-refractivity contribution is 5.92. The van der Waals surface area contributed by atoms with Gasteiger partial charge in [-0.1, -0.05) is 12.8 Å². The number of benzene rings is 1. The molecule has 11 nitrogen and oxygen atoms in total. The second-order valence-electron chi connectivity index (χ2n) is 8.16. The number of rotatable bonds is 5. The Morgan fingerprint density at radius 3 is 2.27 bits per heavy atom. The third-order valence-corrected chi connectivity index (χ3v) is 5.71. The van der Waals surface area contributed by atoms with Gasteiger partial charge in [-0.2, -0.15) is 0 Å². The number of imidazole rings is 1. The van der Waals surface area contributed by atoms with Crippen LogP contribution in [0, 0.1) is 0 Å². The van der Waals surface area contributed by atoms with Crippen LogP contribution in [0.4, 0.5) is 16.2 Å². The lowest BCUT2D eigenvalue weighted by molar-refractivity contribution is -0.116. The number of nitrogens with one attached hydrogen (secondary N) is 4. The van der Waals surface area contributed by atoms with E-state index in [0.717, 1.165) is 38.8 Å². The van der Waals surface area contributed by atoms with Crippen molar-refractivity contribution in [3.05, 3.63) is 50.9 Å². The number of aryl methyl sites for hydroxylation is 2. The van der Waals surface area contributed by atoms with Gasteiger partial charge in [-0.3, -0.25) is 19.1 Å². The highest BCUT2D eigenvalue weighted by Crippen LogP contribution is 2.16. The summed E-state index contributed by atoms with van der Waals surface area (Å²) < 4.78 is 1.24. The van der Waals surface area contributed by atoms with E-state index in [9.17, 15) is 19.2 Å². The van der Waals surface area contributed by atoms with Crippen LogP contribution in [0.1, 0.15) is 37.9 Å². The standard InChI is InChI=1S/C22H27N7O4/c1-28-19-18(20(31)27-21(28)32)25-16(26-19)10-11-17(30)23-14-6-8-15(9-7-14)24-22(33)29-12-4-2-3-5-13-29/h6-9H,2-5,10-13H2,1H3,(H,23,30)(H,24,33)(H,25,26)(H,27,31,32). The van der Waals surface area contributed by atoms with Gasteiger partial charge in [0.25, 0.3) is 5.56 Å². The Balaban J connectivity index is 1.31. The number of carbonyl (C=O) groups excluding carboxylic acids is 2. The lowest BCUT2D eigenvalue weighted by Crippen LogP contribution is -2.35. The van der Waals surface area contributed by atoms with Gasteiger partial charge in [0.15, 0.2) is 5.65 Å². The van der Waals surface area contributed by atoms with Crippen LogP contribution in [0.2, 0.25) is 0 Å². The van der Waals surface area contributed by atoms with Crippen molar-refractivity contribution in [1.29, 1.82) is 0 Å². The minimum absolute atomic E-state index is 0.101. The summed E-state index contributed by atoms with van der Waals surface area (Å²) in [5.41, 5.74) is 0.632. The molecular weight excluding hydrogens is 426 g/mol. The molecule has 0 atom stereocenters. The van der Waals surface area contributed by atoms with E-state index in [4.69, 9.17) is 0 Å². The fourth-order valence-electron chi connectivity index (χ4n) is 3.84. The number of urea groups is 1. The number of anilines is 2. The zero-order chi connectivity index (χ0) is 23.4. The molecule has 0 bridgehead atoms. The van der Waals surface area contributed by atoms with E-state index in [1.165, 1.54) is 11.6 Å². The van der Waals surface area contributed by atoms with Gasteiger partial charge in [-0.05, 0) is 37.1 Å². The van der Waals surface area contributed by atoms with Crippen molar-refractivity contribution in [3.8, 4) is 0 Å². The predicted molar refractivity (Wildman–Crippen MR) is 124 cm³/mol. The molecule has 33 heavy (non-hydrogen) atoms. The molecule has 1 aromatic carbocycles. The molecule has 1 aliphatic rings. The first-order valence-electron chi connectivity index (χ1n) is 11.0. The van der Waals surface area contributed by atoms with Crippen LogP contribution < -0.4 is 21.9 Å². The SMILES string of the molecule is Cn1c(=O)[nH]c(=O)c2[nH]c(CCC(=O)Nc3ccc(NC(=O)N4CCCCCC4)cc3)nc21. The maximum absolute atomic E-state index is 12.4. The Kier molecular flexibility index (Phi) is 6.57. The van der Waals surface area contributed by atoms with Crippen molar-refractivity contribution in [2.24, 2.45) is 7.05 Å². The largest absolute Gasteiger partial charge is 0.336 e. The number of carbonyl (C=O) groups is 2. The summed E-state index contributed by atoms with van der Waals surface area (Å²) in [6.07, 6.45) is 4.79. The van der Waals surface area contributed by atoms with E-state index in [0.29, 0.717) is 17.2 Å². The van der Waals surface area contributed by atoms with Gasteiger partial charge in [0.1, 0.15) is 11.3 Å². The summed E-state index contributed by atoms with van der Waals surface area (Å²) in [7, 11) is 1.51. The molecule has 3 amide bonds. The molecule has 0 unspecified atom stereocenters. The second-order valence-corrected chi connectivity index (χ2v) is 8.16. The molecule has 4 N–H and O–H groups in total. The van der Waals surface area contributed by atoms with Gasteiger partial charge in [0, 0.05) is 44.4 Å². The lowest BCUT2D eigenvalue weighted by Gasteiger charge is -2.20. The van der Waals surface area contributed by atoms with Gasteiger partial charge < -0.3 is 20.5 Å². The van der Waals surface area contributed by atoms with Crippen molar-refractivity contribution in [1.82, 2.24) is 24.4 Å². The summed E-state index contributed by atoms with van der Waals surface area (Å²) in [5, 5.41) is 5.71. The van der Waals surface area contributed by atoms with Gasteiger partial charge in [0.05, 0.1) is 0 Å². The van der Waals surface area contributed by atoms with Gasteiger partial charge >= 0.3 is 11.7 Å². The molecule has 0 radical (unpaired) electrons. The first-order valence-corrected chi connectivity index (χ1v) is 11.0. The number of fused-ring (bicyclic) bond motifs is 1. The van der Waals surface area contributed by atoms with Crippen molar-refractivity contribution >= 4 is 34.5 Å². The van der Waals surface area contributed by atoms with Crippen molar-refractivity contribution in [3.63, 3.8) is 0 Å². The molecule has 0 saturated carbocycles. The van der Waals surface area contributed by atoms with Crippen LogP contribution >= 0.6 is 0 Å². The number of hydrogen-bond acceptors (Lipinski definition) is 5. The molecular formula is C22H27N7O4. The molecule has 1 saturated heterocycles. The van der Waals surface area contributed by atoms with E-state index in [-0.39, 0.29) is 35.9 Å². The Bertz CT molecular complexity index is 1260. The van der Waals surface area contributed by atoms with E-state index >= 15 is 0 Å². The van der Waals surface area contributed by atoms with Crippen LogP contribution in [0.5, 0.6) is 0 Å². The first kappa shape index (κ1) is 22.3. The topological polar surface area (TPSA) is 145 Å². The van der Waals surface area contributed by atoms with Gasteiger partial charge in [-0.25, -0.2) is 14.6 Å². The maximum atomic E-state index is 12.4. The Hall–Kier alpha value is -3.89. The normalized spacial score (nSPS) is 14.2. The van der Waals surface area contributed by atoms with Crippen LogP contribution in [-0.4, -0.2) is 49.4 Å². The Morgan fingerprint density at radius 2 is 1.61 bits per heavy atom. The maximum Gasteiger partial charge on any atom is 0.329 e. The summed E-state index contributed by atoms with van der Waals surface area (Å²) >= 11 is 0. The quantitative estimate of drug-likeness (QED) is 0.466. The smallest absolute Gasteiger partial charge is 0.329 e. The number of aromatic nitrogens is 4. The van der Waals surface area contributed by atoms with Crippen LogP contribution in [0.25, 0.3) is 11.2 Å².